The van der Waals surface area contributed by atoms with Gasteiger partial charge >= 0.3 is 0 Å². The van der Waals surface area contributed by atoms with Gasteiger partial charge in [-0.05, 0) is 29.9 Å². The average molecular weight is 310 g/mol. The molecule has 0 unspecified atom stereocenters. The van der Waals surface area contributed by atoms with Crippen molar-refractivity contribution in [2.75, 3.05) is 12.0 Å². The molecule has 1 aromatic heterocycles. The van der Waals surface area contributed by atoms with E-state index in [1.165, 1.54) is 28.2 Å². The Labute approximate surface area is 125 Å². The van der Waals surface area contributed by atoms with Crippen molar-refractivity contribution in [3.8, 4) is 0 Å². The molecule has 0 bridgehead atoms. The SMILES string of the molecule is CCc1nsc(SCC(=O)c2ccc(SC)cc2)n1. The number of rotatable bonds is 6. The molecule has 6 heteroatoms. The lowest BCUT2D eigenvalue weighted by atomic mass is 10.1. The molecule has 0 amide bonds. The smallest absolute Gasteiger partial charge is 0.173 e. The molecule has 3 nitrogen and oxygen atoms in total. The number of nitrogens with zero attached hydrogens (tertiary/aromatic N) is 2. The zero-order chi connectivity index (χ0) is 13.7. The summed E-state index contributed by atoms with van der Waals surface area (Å²) in [5, 5.41) is 0. The molecule has 0 aliphatic rings. The summed E-state index contributed by atoms with van der Waals surface area (Å²) < 4.78 is 5.07. The molecular formula is C13H14N2OS3. The third kappa shape index (κ3) is 4.06. The molecule has 2 rings (SSSR count). The molecule has 0 atom stereocenters. The van der Waals surface area contributed by atoms with Gasteiger partial charge in [-0.1, -0.05) is 30.8 Å². The lowest BCUT2D eigenvalue weighted by Gasteiger charge is -2.00. The molecule has 0 fully saturated rings. The summed E-state index contributed by atoms with van der Waals surface area (Å²) in [5.41, 5.74) is 0.755. The molecule has 2 aromatic rings. The minimum absolute atomic E-state index is 0.130. The quantitative estimate of drug-likeness (QED) is 0.600. The van der Waals surface area contributed by atoms with Crippen LogP contribution in [0.5, 0.6) is 0 Å². The Kier molecular flexibility index (Phi) is 5.42. The number of Topliss-reactive ketones (excluding diaryl/α,β-unsaturated/α-hetero) is 1. The molecular weight excluding hydrogens is 296 g/mol. The molecule has 19 heavy (non-hydrogen) atoms. The Morgan fingerprint density at radius 2 is 2.05 bits per heavy atom. The Bertz CT molecular complexity index is 551. The lowest BCUT2D eigenvalue weighted by molar-refractivity contribution is 0.102. The molecule has 0 aliphatic carbocycles. The predicted molar refractivity (Wildman–Crippen MR) is 82.6 cm³/mol. The van der Waals surface area contributed by atoms with E-state index in [9.17, 15) is 4.79 Å². The van der Waals surface area contributed by atoms with Crippen LogP contribution >= 0.6 is 35.1 Å². The maximum absolute atomic E-state index is 12.0. The highest BCUT2D eigenvalue weighted by Crippen LogP contribution is 2.22. The first-order valence-corrected chi connectivity index (χ1v) is 8.84. The summed E-state index contributed by atoms with van der Waals surface area (Å²) in [5.74, 6) is 1.40. The molecule has 0 spiro atoms. The first-order chi connectivity index (χ1) is 9.22. The Balaban J connectivity index is 1.93. The van der Waals surface area contributed by atoms with Gasteiger partial charge in [-0.3, -0.25) is 4.79 Å². The summed E-state index contributed by atoms with van der Waals surface area (Å²) in [4.78, 5) is 17.5. The van der Waals surface area contributed by atoms with Crippen LogP contribution in [0.1, 0.15) is 23.1 Å². The van der Waals surface area contributed by atoms with Gasteiger partial charge in [-0.2, -0.15) is 4.37 Å². The summed E-state index contributed by atoms with van der Waals surface area (Å²) in [7, 11) is 0. The van der Waals surface area contributed by atoms with E-state index < -0.39 is 0 Å². The van der Waals surface area contributed by atoms with Crippen LogP contribution in [0.3, 0.4) is 0 Å². The first-order valence-electron chi connectivity index (χ1n) is 5.85. The van der Waals surface area contributed by atoms with Gasteiger partial charge in [0.1, 0.15) is 5.82 Å². The normalized spacial score (nSPS) is 10.6. The average Bonchev–Trinajstić information content (AvgIpc) is 2.93. The maximum atomic E-state index is 12.0. The van der Waals surface area contributed by atoms with Crippen LogP contribution in [-0.4, -0.2) is 27.1 Å². The number of aromatic nitrogens is 2. The third-order valence-corrected chi connectivity index (χ3v) is 5.12. The molecule has 100 valence electrons. The van der Waals surface area contributed by atoms with Gasteiger partial charge in [0.2, 0.25) is 0 Å². The van der Waals surface area contributed by atoms with Crippen molar-refractivity contribution in [1.82, 2.24) is 9.36 Å². The number of aryl methyl sites for hydroxylation is 1. The number of ketones is 1. The van der Waals surface area contributed by atoms with E-state index in [2.05, 4.69) is 9.36 Å². The van der Waals surface area contributed by atoms with E-state index in [-0.39, 0.29) is 5.78 Å². The number of carbonyl (C=O) groups is 1. The van der Waals surface area contributed by atoms with Crippen molar-refractivity contribution >= 4 is 40.8 Å². The van der Waals surface area contributed by atoms with E-state index in [1.807, 2.05) is 37.4 Å². The minimum Gasteiger partial charge on any atom is -0.293 e. The second kappa shape index (κ2) is 7.07. The fourth-order valence-corrected chi connectivity index (χ4v) is 3.43. The molecule has 0 saturated carbocycles. The van der Waals surface area contributed by atoms with Gasteiger partial charge in [-0.25, -0.2) is 4.98 Å². The van der Waals surface area contributed by atoms with E-state index in [0.717, 1.165) is 22.1 Å². The standard InChI is InChI=1S/C13H14N2OS3/c1-3-12-14-13(19-15-12)18-8-11(16)9-4-6-10(17-2)7-5-9/h4-7H,3,8H2,1-2H3. The fourth-order valence-electron chi connectivity index (χ4n) is 1.43. The van der Waals surface area contributed by atoms with E-state index in [0.29, 0.717) is 5.75 Å². The number of benzene rings is 1. The largest absolute Gasteiger partial charge is 0.293 e. The highest BCUT2D eigenvalue weighted by Gasteiger charge is 2.09. The lowest BCUT2D eigenvalue weighted by Crippen LogP contribution is -2.01. The van der Waals surface area contributed by atoms with Crippen LogP contribution in [0.2, 0.25) is 0 Å². The summed E-state index contributed by atoms with van der Waals surface area (Å²) in [6.07, 6.45) is 2.86. The van der Waals surface area contributed by atoms with Crippen LogP contribution in [0.4, 0.5) is 0 Å². The number of carbonyl (C=O) groups excluding carboxylic acids is 1. The van der Waals surface area contributed by atoms with Crippen LogP contribution < -0.4 is 0 Å². The van der Waals surface area contributed by atoms with Crippen LogP contribution in [0, 0.1) is 0 Å². The van der Waals surface area contributed by atoms with Gasteiger partial charge in [0.15, 0.2) is 10.1 Å². The zero-order valence-electron chi connectivity index (χ0n) is 10.8. The second-order valence-electron chi connectivity index (χ2n) is 3.77. The van der Waals surface area contributed by atoms with Crippen molar-refractivity contribution in [3.63, 3.8) is 0 Å². The molecule has 0 saturated heterocycles. The van der Waals surface area contributed by atoms with Gasteiger partial charge in [0.25, 0.3) is 0 Å². The van der Waals surface area contributed by atoms with Crippen LogP contribution in [0.15, 0.2) is 33.5 Å². The van der Waals surface area contributed by atoms with Crippen molar-refractivity contribution in [2.24, 2.45) is 0 Å². The summed E-state index contributed by atoms with van der Waals surface area (Å²) in [6.45, 7) is 2.02. The highest BCUT2D eigenvalue weighted by atomic mass is 32.2. The van der Waals surface area contributed by atoms with E-state index in [1.54, 1.807) is 11.8 Å². The van der Waals surface area contributed by atoms with Gasteiger partial charge in [0, 0.05) is 16.9 Å². The van der Waals surface area contributed by atoms with Crippen molar-refractivity contribution in [2.45, 2.75) is 22.6 Å². The maximum Gasteiger partial charge on any atom is 0.173 e. The Morgan fingerprint density at radius 1 is 1.32 bits per heavy atom. The number of hydrogen-bond donors (Lipinski definition) is 0. The Hall–Kier alpha value is -0.850. The van der Waals surface area contributed by atoms with Crippen molar-refractivity contribution < 1.29 is 4.79 Å². The zero-order valence-corrected chi connectivity index (χ0v) is 13.2. The Morgan fingerprint density at radius 3 is 2.63 bits per heavy atom. The van der Waals surface area contributed by atoms with Crippen LogP contribution in [0.25, 0.3) is 0 Å². The van der Waals surface area contributed by atoms with Gasteiger partial charge < -0.3 is 0 Å². The van der Waals surface area contributed by atoms with Crippen LogP contribution in [-0.2, 0) is 6.42 Å². The topological polar surface area (TPSA) is 42.9 Å². The summed E-state index contributed by atoms with van der Waals surface area (Å²) >= 11 is 4.49. The predicted octanol–water partition coefficient (Wildman–Crippen LogP) is 3.80. The van der Waals surface area contributed by atoms with Gasteiger partial charge in [0.05, 0.1) is 5.75 Å². The fraction of sp³-hybridized carbons (Fsp3) is 0.308. The number of hydrogen-bond acceptors (Lipinski definition) is 6. The third-order valence-electron chi connectivity index (χ3n) is 2.50. The van der Waals surface area contributed by atoms with Crippen molar-refractivity contribution in [3.05, 3.63) is 35.7 Å². The van der Waals surface area contributed by atoms with E-state index >= 15 is 0 Å². The van der Waals surface area contributed by atoms with Crippen molar-refractivity contribution in [1.29, 1.82) is 0 Å². The summed E-state index contributed by atoms with van der Waals surface area (Å²) in [6, 6.07) is 7.71. The highest BCUT2D eigenvalue weighted by molar-refractivity contribution is 8.01. The van der Waals surface area contributed by atoms with Gasteiger partial charge in [-0.15, -0.1) is 11.8 Å². The van der Waals surface area contributed by atoms with E-state index in [4.69, 9.17) is 0 Å². The first kappa shape index (κ1) is 14.6. The molecule has 1 heterocycles. The second-order valence-corrected chi connectivity index (χ2v) is 6.62. The molecule has 0 radical (unpaired) electrons. The monoisotopic (exact) mass is 310 g/mol. The molecule has 1 aromatic carbocycles. The molecule has 0 aliphatic heterocycles. The number of thioether (sulfide) groups is 2. The minimum atomic E-state index is 0.130. The molecule has 0 N–H and O–H groups in total.